The number of rotatable bonds is 2. The van der Waals surface area contributed by atoms with E-state index >= 15 is 0 Å². The Morgan fingerprint density at radius 3 is 1.51 bits per heavy atom. The van der Waals surface area contributed by atoms with Crippen LogP contribution in [0.4, 0.5) is 0 Å². The third-order valence-corrected chi connectivity index (χ3v) is 8.29. The Kier molecular flexibility index (Phi) is 6.65. The smallest absolute Gasteiger partial charge is 0.345 e. The number of aromatic amines is 2. The van der Waals surface area contributed by atoms with Crippen molar-refractivity contribution in [3.05, 3.63) is 95.5 Å². The standard InChI is InChI=1S/C34H17ClN8O3.Cu/c35-24-14-16(34(45)46-15-44)13-23-25(24)33-42-31-22-12-6-5-11-21(22)29(40-31)38-27-18-8-2-1-7-17(18)26(36-27)37-28-19-9-3-4-10-20(19)30(39-28)41-32(23)43-33;/h1-15H,(H2,36,37,38,39,40,41,42,43);. The van der Waals surface area contributed by atoms with E-state index in [1.165, 1.54) is 6.07 Å². The van der Waals surface area contributed by atoms with Gasteiger partial charge in [-0.25, -0.2) is 34.7 Å². The fraction of sp³-hybridized carbons (Fsp3) is 0. The molecular formula is C34H17ClCuN8O3. The Morgan fingerprint density at radius 2 is 1.02 bits per heavy atom. The molecule has 3 aromatic heterocycles. The average molecular weight is 685 g/mol. The van der Waals surface area contributed by atoms with Crippen molar-refractivity contribution in [2.24, 2.45) is 0 Å². The number of nitrogens with zero attached hydrogens (tertiary/aromatic N) is 6. The van der Waals surface area contributed by atoms with Crippen LogP contribution in [-0.4, -0.2) is 52.3 Å². The zero-order chi connectivity index (χ0) is 30.9. The van der Waals surface area contributed by atoms with Gasteiger partial charge >= 0.3 is 12.4 Å². The van der Waals surface area contributed by atoms with Crippen LogP contribution < -0.4 is 0 Å². The Morgan fingerprint density at radius 1 is 0.596 bits per heavy atom. The van der Waals surface area contributed by atoms with E-state index < -0.39 is 5.97 Å². The van der Waals surface area contributed by atoms with E-state index in [1.54, 1.807) is 6.07 Å². The molecule has 0 aliphatic carbocycles. The van der Waals surface area contributed by atoms with Crippen LogP contribution in [0.2, 0.25) is 5.02 Å². The fourth-order valence-electron chi connectivity index (χ4n) is 5.95. The van der Waals surface area contributed by atoms with Crippen molar-refractivity contribution in [3.63, 3.8) is 0 Å². The summed E-state index contributed by atoms with van der Waals surface area (Å²) in [6.07, 6.45) is 0. The summed E-state index contributed by atoms with van der Waals surface area (Å²) >= 11 is 6.79. The Labute approximate surface area is 279 Å². The van der Waals surface area contributed by atoms with Crippen LogP contribution in [0.5, 0.6) is 0 Å². The molecule has 8 bridgehead atoms. The first-order valence-electron chi connectivity index (χ1n) is 14.1. The van der Waals surface area contributed by atoms with Gasteiger partial charge in [-0.1, -0.05) is 84.4 Å². The van der Waals surface area contributed by atoms with Crippen LogP contribution in [0.15, 0.2) is 84.9 Å². The maximum absolute atomic E-state index is 12.6. The Bertz CT molecular complexity index is 2650. The van der Waals surface area contributed by atoms with Gasteiger partial charge < -0.3 is 14.7 Å². The average Bonchev–Trinajstić information content (AvgIpc) is 3.80. The Hall–Kier alpha value is -5.81. The summed E-state index contributed by atoms with van der Waals surface area (Å²) in [5, 5.41) is 2.93. The molecule has 2 aliphatic heterocycles. The van der Waals surface area contributed by atoms with Gasteiger partial charge in [0.15, 0.2) is 23.3 Å². The van der Waals surface area contributed by atoms with Crippen molar-refractivity contribution in [3.8, 4) is 45.6 Å². The molecule has 2 aliphatic rings. The van der Waals surface area contributed by atoms with Gasteiger partial charge in [0.2, 0.25) is 0 Å². The number of H-pyrrole nitrogens is 2. The third-order valence-electron chi connectivity index (χ3n) is 8.00. The second kappa shape index (κ2) is 10.9. The third kappa shape index (κ3) is 4.50. The molecule has 0 amide bonds. The van der Waals surface area contributed by atoms with E-state index in [-0.39, 0.29) is 34.1 Å². The summed E-state index contributed by atoms with van der Waals surface area (Å²) in [6.45, 7) is 0.0757. The maximum Gasteiger partial charge on any atom is 0.345 e. The number of esters is 1. The number of aromatic nitrogens is 8. The van der Waals surface area contributed by atoms with Crippen LogP contribution >= 0.6 is 11.6 Å². The number of carbonyl (C=O) groups excluding carboxylic acids is 2. The minimum atomic E-state index is -0.854. The molecule has 7 aromatic rings. The minimum absolute atomic E-state index is 0. The molecule has 0 fully saturated rings. The number of ether oxygens (including phenoxy) is 1. The number of nitrogens with one attached hydrogen (secondary N) is 2. The first kappa shape index (κ1) is 28.6. The molecule has 0 atom stereocenters. The molecule has 0 unspecified atom stereocenters. The van der Waals surface area contributed by atoms with E-state index in [0.29, 0.717) is 56.7 Å². The second-order valence-corrected chi connectivity index (χ2v) is 11.0. The topological polar surface area (TPSA) is 152 Å². The van der Waals surface area contributed by atoms with E-state index in [0.717, 1.165) is 33.0 Å². The molecule has 0 saturated heterocycles. The molecule has 13 heteroatoms. The van der Waals surface area contributed by atoms with Crippen molar-refractivity contribution in [1.82, 2.24) is 39.9 Å². The molecule has 0 spiro atoms. The summed E-state index contributed by atoms with van der Waals surface area (Å²) < 4.78 is 4.60. The van der Waals surface area contributed by atoms with Gasteiger partial charge in [0.05, 0.1) is 10.6 Å². The molecule has 47 heavy (non-hydrogen) atoms. The number of halogens is 1. The van der Waals surface area contributed by atoms with Crippen LogP contribution in [0.3, 0.4) is 0 Å². The summed E-state index contributed by atoms with van der Waals surface area (Å²) in [5.74, 6) is 0.899. The Balaban J connectivity index is 0.00000324. The van der Waals surface area contributed by atoms with Gasteiger partial charge in [-0.2, -0.15) is 0 Å². The van der Waals surface area contributed by atoms with Gasteiger partial charge in [-0.15, -0.1) is 0 Å². The van der Waals surface area contributed by atoms with E-state index in [1.807, 2.05) is 72.8 Å². The molecule has 1 radical (unpaired) electrons. The normalized spacial score (nSPS) is 11.5. The fourth-order valence-corrected chi connectivity index (χ4v) is 6.26. The number of fused-ring (bicyclic) bond motifs is 20. The largest absolute Gasteiger partial charge is 0.392 e. The summed E-state index contributed by atoms with van der Waals surface area (Å²) in [5.41, 5.74) is 5.12. The van der Waals surface area contributed by atoms with Gasteiger partial charge in [0.25, 0.3) is 0 Å². The quantitative estimate of drug-likeness (QED) is 0.0864. The molecule has 229 valence electrons. The molecule has 11 nitrogen and oxygen atoms in total. The predicted octanol–water partition coefficient (Wildman–Crippen LogP) is 6.83. The molecular weight excluding hydrogens is 667 g/mol. The van der Waals surface area contributed by atoms with E-state index in [4.69, 9.17) is 41.5 Å². The molecule has 4 aromatic carbocycles. The monoisotopic (exact) mass is 683 g/mol. The maximum atomic E-state index is 12.6. The number of hydrogen-bond acceptors (Lipinski definition) is 9. The van der Waals surface area contributed by atoms with Crippen molar-refractivity contribution >= 4 is 68.2 Å². The van der Waals surface area contributed by atoms with Crippen molar-refractivity contribution in [1.29, 1.82) is 0 Å². The first-order valence-corrected chi connectivity index (χ1v) is 14.5. The van der Waals surface area contributed by atoms with Crippen LogP contribution in [0.25, 0.3) is 89.7 Å². The molecule has 0 saturated carbocycles. The van der Waals surface area contributed by atoms with Gasteiger partial charge in [-0.3, -0.25) is 4.79 Å². The van der Waals surface area contributed by atoms with Crippen molar-refractivity contribution in [2.75, 3.05) is 0 Å². The van der Waals surface area contributed by atoms with Crippen LogP contribution in [-0.2, 0) is 26.6 Å². The molecule has 5 heterocycles. The van der Waals surface area contributed by atoms with Gasteiger partial charge in [-0.05, 0) is 12.1 Å². The second-order valence-electron chi connectivity index (χ2n) is 10.6. The van der Waals surface area contributed by atoms with Crippen molar-refractivity contribution in [2.45, 2.75) is 0 Å². The minimum Gasteiger partial charge on any atom is -0.392 e. The van der Waals surface area contributed by atoms with Crippen LogP contribution in [0.1, 0.15) is 10.4 Å². The van der Waals surface area contributed by atoms with Gasteiger partial charge in [0, 0.05) is 60.9 Å². The number of carbonyl (C=O) groups is 2. The van der Waals surface area contributed by atoms with Crippen molar-refractivity contribution < 1.29 is 31.4 Å². The zero-order valence-corrected chi connectivity index (χ0v) is 25.4. The van der Waals surface area contributed by atoms with Gasteiger partial charge in [0.1, 0.15) is 22.6 Å². The SMILES string of the molecule is O=COC(=O)c1cc(Cl)c2c3nc4nc(nc5[nH]c(nc6nc(nc([nH]3)c2c1)-c1ccccc1-6)c1ccccc51)-c1ccccc1-4.[Cu]. The van der Waals surface area contributed by atoms with E-state index in [2.05, 4.69) is 14.7 Å². The first-order chi connectivity index (χ1) is 22.6. The van der Waals surface area contributed by atoms with E-state index in [9.17, 15) is 9.59 Å². The predicted molar refractivity (Wildman–Crippen MR) is 173 cm³/mol. The summed E-state index contributed by atoms with van der Waals surface area (Å²) in [7, 11) is 0. The number of hydrogen-bond donors (Lipinski definition) is 2. The summed E-state index contributed by atoms with van der Waals surface area (Å²) in [4.78, 5) is 59.7. The molecule has 2 N–H and O–H groups in total. The summed E-state index contributed by atoms with van der Waals surface area (Å²) in [6, 6.07) is 26.2. The zero-order valence-electron chi connectivity index (χ0n) is 23.7. The van der Waals surface area contributed by atoms with Crippen LogP contribution in [0, 0.1) is 0 Å². The molecule has 9 rings (SSSR count). The number of benzene rings is 4.